The molecule has 0 amide bonds. The van der Waals surface area contributed by atoms with E-state index in [4.69, 9.17) is 16.0 Å². The fourth-order valence-electron chi connectivity index (χ4n) is 3.66. The first-order valence-corrected chi connectivity index (χ1v) is 13.0. The van der Waals surface area contributed by atoms with E-state index in [-0.39, 0.29) is 5.78 Å². The average Bonchev–Trinajstić information content (AvgIpc) is 2.80. The second-order valence-corrected chi connectivity index (χ2v) is 13.5. The van der Waals surface area contributed by atoms with Gasteiger partial charge in [-0.1, -0.05) is 0 Å². The summed E-state index contributed by atoms with van der Waals surface area (Å²) in [5.41, 5.74) is 0. The normalized spacial score (nSPS) is 12.7. The minimum atomic E-state index is -3.28. The van der Waals surface area contributed by atoms with Crippen molar-refractivity contribution in [3.8, 4) is 0 Å². The molecule has 150 valence electrons. The molecule has 0 fully saturated rings. The van der Waals surface area contributed by atoms with E-state index in [0.717, 1.165) is 15.9 Å². The van der Waals surface area contributed by atoms with Gasteiger partial charge in [-0.2, -0.15) is 0 Å². The molecule has 0 bridgehead atoms. The van der Waals surface area contributed by atoms with Crippen LogP contribution in [0.3, 0.4) is 0 Å². The van der Waals surface area contributed by atoms with Crippen LogP contribution in [-0.2, 0) is 9.53 Å². The third kappa shape index (κ3) is 4.36. The van der Waals surface area contributed by atoms with E-state index in [1.54, 1.807) is 0 Å². The Balaban J connectivity index is 2.07. The van der Waals surface area contributed by atoms with E-state index < -0.39 is 5.96 Å². The van der Waals surface area contributed by atoms with E-state index in [2.05, 4.69) is 43.0 Å². The molecule has 0 radical (unpaired) electrons. The summed E-state index contributed by atoms with van der Waals surface area (Å²) in [6.07, 6.45) is 2.32. The number of ether oxygens (including phenoxy) is 1. The molecule has 29 heavy (non-hydrogen) atoms. The van der Waals surface area contributed by atoms with Crippen molar-refractivity contribution in [3.63, 3.8) is 0 Å². The van der Waals surface area contributed by atoms with Crippen LogP contribution < -0.4 is 15.9 Å². The standard InChI is InChI=1S/C25H26ClO2P/c1-2-22(27)18-19-28-20-21-29(26,23-12-6-3-7-13-23,24-14-8-4-9-15-24)25-16-10-5-11-17-25/h2-17H,1,18-21H2. The number of carbonyl (C=O) groups excluding carboxylic acids is 1. The van der Waals surface area contributed by atoms with Gasteiger partial charge >= 0.3 is 178 Å². The van der Waals surface area contributed by atoms with Crippen LogP contribution in [0.2, 0.25) is 0 Å². The first kappa shape index (κ1) is 21.5. The van der Waals surface area contributed by atoms with E-state index >= 15 is 0 Å². The topological polar surface area (TPSA) is 26.3 Å². The van der Waals surface area contributed by atoms with E-state index in [0.29, 0.717) is 25.8 Å². The fraction of sp³-hybridized carbons (Fsp3) is 0.160. The molecule has 0 atom stereocenters. The van der Waals surface area contributed by atoms with Crippen LogP contribution in [0.5, 0.6) is 0 Å². The van der Waals surface area contributed by atoms with Crippen molar-refractivity contribution >= 4 is 38.9 Å². The maximum absolute atomic E-state index is 11.5. The van der Waals surface area contributed by atoms with Crippen LogP contribution >= 0.6 is 17.2 Å². The van der Waals surface area contributed by atoms with Crippen molar-refractivity contribution < 1.29 is 9.53 Å². The third-order valence-electron chi connectivity index (χ3n) is 5.26. The summed E-state index contributed by atoms with van der Waals surface area (Å²) in [6, 6.07) is 30.9. The first-order chi connectivity index (χ1) is 14.1. The molecule has 0 heterocycles. The molecular formula is C25H26ClO2P. The number of ketones is 1. The number of hydrogen-bond acceptors (Lipinski definition) is 2. The number of allylic oxidation sites excluding steroid dienone is 1. The number of benzene rings is 3. The number of rotatable bonds is 10. The molecule has 0 saturated heterocycles. The molecule has 0 aliphatic carbocycles. The minimum absolute atomic E-state index is 0.0115. The predicted molar refractivity (Wildman–Crippen MR) is 127 cm³/mol. The second kappa shape index (κ2) is 9.50. The van der Waals surface area contributed by atoms with Gasteiger partial charge in [0.1, 0.15) is 0 Å². The van der Waals surface area contributed by atoms with Crippen molar-refractivity contribution in [1.82, 2.24) is 0 Å². The second-order valence-electron chi connectivity index (χ2n) is 6.95. The molecule has 0 aliphatic heterocycles. The SMILES string of the molecule is C=CC(=O)CCOCCP(Cl)(c1ccccc1)(c1ccccc1)c1ccccc1. The third-order valence-corrected chi connectivity index (χ3v) is 12.7. The van der Waals surface area contributed by atoms with Crippen LogP contribution in [-0.4, -0.2) is 25.2 Å². The molecule has 0 N–H and O–H groups in total. The molecule has 0 aliphatic rings. The molecule has 0 spiro atoms. The summed E-state index contributed by atoms with van der Waals surface area (Å²) in [5.74, 6) is -3.29. The van der Waals surface area contributed by atoms with E-state index in [1.165, 1.54) is 6.08 Å². The zero-order valence-electron chi connectivity index (χ0n) is 16.4. The molecule has 3 aromatic rings. The molecule has 2 nitrogen and oxygen atoms in total. The van der Waals surface area contributed by atoms with Crippen molar-refractivity contribution in [2.24, 2.45) is 0 Å². The average molecular weight is 425 g/mol. The van der Waals surface area contributed by atoms with Crippen molar-refractivity contribution in [2.75, 3.05) is 19.4 Å². The van der Waals surface area contributed by atoms with Crippen LogP contribution in [0.1, 0.15) is 6.42 Å². The van der Waals surface area contributed by atoms with E-state index in [1.807, 2.05) is 54.6 Å². The first-order valence-electron chi connectivity index (χ1n) is 9.72. The Bertz CT molecular complexity index is 843. The van der Waals surface area contributed by atoms with Crippen molar-refractivity contribution in [1.29, 1.82) is 0 Å². The summed E-state index contributed by atoms with van der Waals surface area (Å²) in [4.78, 5) is 11.5. The van der Waals surface area contributed by atoms with Gasteiger partial charge in [0.15, 0.2) is 0 Å². The van der Waals surface area contributed by atoms with Gasteiger partial charge in [-0.05, 0) is 0 Å². The van der Waals surface area contributed by atoms with Gasteiger partial charge in [0, 0.05) is 0 Å². The Morgan fingerprint density at radius 3 is 1.59 bits per heavy atom. The maximum atomic E-state index is 11.5. The summed E-state index contributed by atoms with van der Waals surface area (Å²) in [5, 5.41) is 3.34. The Hall–Kier alpha value is -2.25. The van der Waals surface area contributed by atoms with Crippen LogP contribution in [0.15, 0.2) is 104 Å². The molecule has 0 saturated carbocycles. The van der Waals surface area contributed by atoms with Gasteiger partial charge in [-0.15, -0.1) is 0 Å². The Morgan fingerprint density at radius 1 is 0.793 bits per heavy atom. The van der Waals surface area contributed by atoms with Crippen molar-refractivity contribution in [2.45, 2.75) is 6.42 Å². The number of hydrogen-bond donors (Lipinski definition) is 0. The molecule has 3 rings (SSSR count). The predicted octanol–water partition coefficient (Wildman–Crippen LogP) is 4.83. The fourth-order valence-corrected chi connectivity index (χ4v) is 9.41. The van der Waals surface area contributed by atoms with Crippen LogP contribution in [0.25, 0.3) is 0 Å². The monoisotopic (exact) mass is 424 g/mol. The summed E-state index contributed by atoms with van der Waals surface area (Å²) < 4.78 is 5.87. The van der Waals surface area contributed by atoms with Crippen LogP contribution in [0, 0.1) is 0 Å². The van der Waals surface area contributed by atoms with Gasteiger partial charge in [0.05, 0.1) is 0 Å². The Kier molecular flexibility index (Phi) is 7.03. The Morgan fingerprint density at radius 2 is 1.21 bits per heavy atom. The zero-order valence-corrected chi connectivity index (χ0v) is 18.1. The molecule has 4 heteroatoms. The molecule has 0 unspecified atom stereocenters. The number of carbonyl (C=O) groups is 1. The quantitative estimate of drug-likeness (QED) is 0.264. The van der Waals surface area contributed by atoms with Crippen LogP contribution in [0.4, 0.5) is 0 Å². The van der Waals surface area contributed by atoms with Gasteiger partial charge in [0.25, 0.3) is 0 Å². The summed E-state index contributed by atoms with van der Waals surface area (Å²) >= 11 is 7.91. The van der Waals surface area contributed by atoms with Gasteiger partial charge in [-0.25, -0.2) is 0 Å². The zero-order chi connectivity index (χ0) is 20.6. The molecule has 0 aromatic heterocycles. The van der Waals surface area contributed by atoms with Gasteiger partial charge in [-0.3, -0.25) is 0 Å². The number of halogens is 1. The Labute approximate surface area is 177 Å². The molecular weight excluding hydrogens is 399 g/mol. The summed E-state index contributed by atoms with van der Waals surface area (Å²) in [7, 11) is 0. The van der Waals surface area contributed by atoms with Gasteiger partial charge < -0.3 is 0 Å². The van der Waals surface area contributed by atoms with Crippen molar-refractivity contribution in [3.05, 3.63) is 104 Å². The summed E-state index contributed by atoms with van der Waals surface area (Å²) in [6.45, 7) is 4.34. The molecule has 3 aromatic carbocycles. The van der Waals surface area contributed by atoms with E-state index in [9.17, 15) is 4.79 Å². The van der Waals surface area contributed by atoms with Gasteiger partial charge in [0.2, 0.25) is 0 Å².